The number of hydrogen-bond acceptors (Lipinski definition) is 3. The molecule has 0 radical (unpaired) electrons. The van der Waals surface area contributed by atoms with Crippen molar-refractivity contribution in [2.75, 3.05) is 5.32 Å². The lowest BCUT2D eigenvalue weighted by atomic mass is 10.2. The first-order chi connectivity index (χ1) is 14.0. The normalized spacial score (nSPS) is 10.7. The Morgan fingerprint density at radius 2 is 1.62 bits per heavy atom. The number of nitrogens with zero attached hydrogens (tertiary/aromatic N) is 1. The maximum atomic E-state index is 6.19. The van der Waals surface area contributed by atoms with Crippen LogP contribution in [0.1, 0.15) is 11.1 Å². The van der Waals surface area contributed by atoms with Crippen molar-refractivity contribution in [3.63, 3.8) is 0 Å². The summed E-state index contributed by atoms with van der Waals surface area (Å²) in [6, 6.07) is 20.4. The van der Waals surface area contributed by atoms with E-state index in [0.717, 1.165) is 11.3 Å². The van der Waals surface area contributed by atoms with Gasteiger partial charge in [-0.2, -0.15) is 5.10 Å². The fourth-order valence-corrected chi connectivity index (χ4v) is 3.18. The standard InChI is InChI=1S/C21H16Cl3N3OS/c22-18-10-11-19(23)20(24)17(18)13-28-16-8-6-14(7-9-16)12-25-27-21(29)26-15-4-2-1-3-5-15/h1-12H,13H2,(H2,26,27,29). The predicted octanol–water partition coefficient (Wildman–Crippen LogP) is 6.55. The molecule has 0 bridgehead atoms. The molecule has 8 heteroatoms. The van der Waals surface area contributed by atoms with Crippen LogP contribution in [0.4, 0.5) is 5.69 Å². The van der Waals surface area contributed by atoms with Gasteiger partial charge in [-0.05, 0) is 66.3 Å². The molecule has 0 saturated heterocycles. The quantitative estimate of drug-likeness (QED) is 0.188. The first kappa shape index (κ1) is 21.4. The van der Waals surface area contributed by atoms with Crippen LogP contribution in [0.2, 0.25) is 15.1 Å². The first-order valence-corrected chi connectivity index (χ1v) is 10.1. The van der Waals surface area contributed by atoms with E-state index in [4.69, 9.17) is 51.8 Å². The van der Waals surface area contributed by atoms with Crippen molar-refractivity contribution in [1.82, 2.24) is 5.43 Å². The smallest absolute Gasteiger partial charge is 0.191 e. The van der Waals surface area contributed by atoms with E-state index in [0.29, 0.717) is 31.5 Å². The zero-order valence-corrected chi connectivity index (χ0v) is 18.1. The van der Waals surface area contributed by atoms with Crippen molar-refractivity contribution >= 4 is 64.0 Å². The number of para-hydroxylation sites is 1. The van der Waals surface area contributed by atoms with Crippen molar-refractivity contribution in [2.24, 2.45) is 5.10 Å². The van der Waals surface area contributed by atoms with Crippen LogP contribution in [0.3, 0.4) is 0 Å². The van der Waals surface area contributed by atoms with Crippen molar-refractivity contribution in [1.29, 1.82) is 0 Å². The largest absolute Gasteiger partial charge is 0.489 e. The van der Waals surface area contributed by atoms with Crippen molar-refractivity contribution < 1.29 is 4.74 Å². The van der Waals surface area contributed by atoms with Gasteiger partial charge in [0.25, 0.3) is 0 Å². The van der Waals surface area contributed by atoms with E-state index in [9.17, 15) is 0 Å². The lowest BCUT2D eigenvalue weighted by molar-refractivity contribution is 0.306. The molecule has 3 rings (SSSR count). The molecule has 148 valence electrons. The Kier molecular flexibility index (Phi) is 7.72. The highest BCUT2D eigenvalue weighted by atomic mass is 35.5. The third-order valence-corrected chi connectivity index (χ3v) is 5.20. The van der Waals surface area contributed by atoms with E-state index in [-0.39, 0.29) is 6.61 Å². The molecule has 3 aromatic rings. The summed E-state index contributed by atoms with van der Waals surface area (Å²) in [5, 5.41) is 8.91. The summed E-state index contributed by atoms with van der Waals surface area (Å²) in [5.41, 5.74) is 5.19. The highest BCUT2D eigenvalue weighted by Crippen LogP contribution is 2.32. The Balaban J connectivity index is 1.52. The average molecular weight is 465 g/mol. The number of halogens is 3. The van der Waals surface area contributed by atoms with E-state index < -0.39 is 0 Å². The molecule has 0 fully saturated rings. The molecule has 0 spiro atoms. The number of thiocarbonyl (C=S) groups is 1. The molecule has 4 nitrogen and oxygen atoms in total. The molecule has 3 aromatic carbocycles. The second-order valence-electron chi connectivity index (χ2n) is 5.87. The number of hydrogen-bond donors (Lipinski definition) is 2. The van der Waals surface area contributed by atoms with Gasteiger partial charge in [0.15, 0.2) is 5.11 Å². The predicted molar refractivity (Wildman–Crippen MR) is 126 cm³/mol. The van der Waals surface area contributed by atoms with Crippen LogP contribution in [0.15, 0.2) is 71.8 Å². The van der Waals surface area contributed by atoms with Gasteiger partial charge in [0.05, 0.1) is 16.3 Å². The summed E-state index contributed by atoms with van der Waals surface area (Å²) in [6.07, 6.45) is 1.66. The number of rotatable bonds is 6. The molecular formula is C21H16Cl3N3OS. The van der Waals surface area contributed by atoms with Crippen molar-refractivity contribution in [2.45, 2.75) is 6.61 Å². The molecule has 0 atom stereocenters. The fraction of sp³-hybridized carbons (Fsp3) is 0.0476. The van der Waals surface area contributed by atoms with Crippen LogP contribution in [-0.4, -0.2) is 11.3 Å². The molecule has 29 heavy (non-hydrogen) atoms. The minimum atomic E-state index is 0.215. The van der Waals surface area contributed by atoms with E-state index in [1.807, 2.05) is 54.6 Å². The van der Waals surface area contributed by atoms with Crippen LogP contribution >= 0.6 is 47.0 Å². The highest BCUT2D eigenvalue weighted by Gasteiger charge is 2.10. The first-order valence-electron chi connectivity index (χ1n) is 8.53. The highest BCUT2D eigenvalue weighted by molar-refractivity contribution is 7.80. The Morgan fingerprint density at radius 1 is 0.931 bits per heavy atom. The van der Waals surface area contributed by atoms with Crippen LogP contribution in [-0.2, 0) is 6.61 Å². The van der Waals surface area contributed by atoms with Gasteiger partial charge in [-0.3, -0.25) is 5.43 Å². The van der Waals surface area contributed by atoms with Gasteiger partial charge in [-0.25, -0.2) is 0 Å². The minimum Gasteiger partial charge on any atom is -0.489 e. The summed E-state index contributed by atoms with van der Waals surface area (Å²) < 4.78 is 5.75. The maximum Gasteiger partial charge on any atom is 0.191 e. The Hall–Kier alpha value is -2.31. The van der Waals surface area contributed by atoms with Gasteiger partial charge in [0.1, 0.15) is 12.4 Å². The lowest BCUT2D eigenvalue weighted by Gasteiger charge is -2.10. The van der Waals surface area contributed by atoms with Crippen molar-refractivity contribution in [3.05, 3.63) is 92.9 Å². The molecule has 0 amide bonds. The molecule has 0 heterocycles. The molecule has 0 unspecified atom stereocenters. The molecule has 2 N–H and O–H groups in total. The van der Waals surface area contributed by atoms with Crippen LogP contribution < -0.4 is 15.5 Å². The zero-order valence-electron chi connectivity index (χ0n) is 15.0. The SMILES string of the molecule is S=C(NN=Cc1ccc(OCc2c(Cl)ccc(Cl)c2Cl)cc1)Nc1ccccc1. The van der Waals surface area contributed by atoms with E-state index in [2.05, 4.69) is 15.8 Å². The van der Waals surface area contributed by atoms with Crippen LogP contribution in [0, 0.1) is 0 Å². The van der Waals surface area contributed by atoms with Gasteiger partial charge < -0.3 is 10.1 Å². The van der Waals surface area contributed by atoms with Gasteiger partial charge in [0, 0.05) is 16.3 Å². The Morgan fingerprint density at radius 3 is 2.34 bits per heavy atom. The molecule has 0 aromatic heterocycles. The molecule has 0 aliphatic carbocycles. The summed E-state index contributed by atoms with van der Waals surface area (Å²) in [5.74, 6) is 0.670. The van der Waals surface area contributed by atoms with E-state index in [1.165, 1.54) is 0 Å². The Bertz CT molecular complexity index is 1010. The number of hydrazone groups is 1. The summed E-state index contributed by atoms with van der Waals surface area (Å²) in [4.78, 5) is 0. The molecule has 0 aliphatic rings. The van der Waals surface area contributed by atoms with Gasteiger partial charge in [-0.1, -0.05) is 53.0 Å². The van der Waals surface area contributed by atoms with E-state index >= 15 is 0 Å². The van der Waals surface area contributed by atoms with Gasteiger partial charge >= 0.3 is 0 Å². The average Bonchev–Trinajstić information content (AvgIpc) is 2.73. The van der Waals surface area contributed by atoms with Gasteiger partial charge in [0.2, 0.25) is 0 Å². The third kappa shape index (κ3) is 6.34. The zero-order chi connectivity index (χ0) is 20.6. The fourth-order valence-electron chi connectivity index (χ4n) is 2.35. The molecular weight excluding hydrogens is 449 g/mol. The van der Waals surface area contributed by atoms with Gasteiger partial charge in [-0.15, -0.1) is 0 Å². The second kappa shape index (κ2) is 10.5. The van der Waals surface area contributed by atoms with Crippen LogP contribution in [0.25, 0.3) is 0 Å². The van der Waals surface area contributed by atoms with Crippen molar-refractivity contribution in [3.8, 4) is 5.75 Å². The Labute approximate surface area is 189 Å². The third-order valence-electron chi connectivity index (χ3n) is 3.81. The summed E-state index contributed by atoms with van der Waals surface area (Å²) in [6.45, 7) is 0.215. The summed E-state index contributed by atoms with van der Waals surface area (Å²) in [7, 11) is 0. The number of benzene rings is 3. The summed E-state index contributed by atoms with van der Waals surface area (Å²) >= 11 is 23.6. The van der Waals surface area contributed by atoms with Crippen LogP contribution in [0.5, 0.6) is 5.75 Å². The lowest BCUT2D eigenvalue weighted by Crippen LogP contribution is -2.23. The topological polar surface area (TPSA) is 45.7 Å². The second-order valence-corrected chi connectivity index (χ2v) is 7.47. The van der Waals surface area contributed by atoms with E-state index in [1.54, 1.807) is 18.3 Å². The number of anilines is 1. The molecule has 0 aliphatic heterocycles. The number of ether oxygens (including phenoxy) is 1. The molecule has 0 saturated carbocycles. The monoisotopic (exact) mass is 463 g/mol. The number of nitrogens with one attached hydrogen (secondary N) is 2. The maximum absolute atomic E-state index is 6.19. The minimum absolute atomic E-state index is 0.215.